The van der Waals surface area contributed by atoms with Gasteiger partial charge in [-0.3, -0.25) is 14.9 Å². The molecule has 0 atom stereocenters. The molecule has 2 aromatic rings. The molecule has 10 heteroatoms. The molecule has 1 amide bonds. The van der Waals surface area contributed by atoms with Crippen LogP contribution in [0.2, 0.25) is 0 Å². The number of nitro benzene ring substituents is 1. The van der Waals surface area contributed by atoms with Crippen LogP contribution in [0.5, 0.6) is 5.75 Å². The summed E-state index contributed by atoms with van der Waals surface area (Å²) in [6.07, 6.45) is -1.84. The summed E-state index contributed by atoms with van der Waals surface area (Å²) in [7, 11) is 0. The molecule has 0 N–H and O–H groups in total. The zero-order chi connectivity index (χ0) is 21.7. The number of non-ortho nitro benzene ring substituents is 1. The first-order valence-corrected chi connectivity index (χ1v) is 9.03. The van der Waals surface area contributed by atoms with Crippen LogP contribution in [0.15, 0.2) is 54.6 Å². The van der Waals surface area contributed by atoms with Crippen LogP contribution in [0.4, 0.5) is 24.5 Å². The number of piperazine rings is 1. The lowest BCUT2D eigenvalue weighted by atomic mass is 10.2. The van der Waals surface area contributed by atoms with Gasteiger partial charge in [-0.05, 0) is 35.9 Å². The van der Waals surface area contributed by atoms with Crippen LogP contribution < -0.4 is 9.64 Å². The number of benzene rings is 2. The fourth-order valence-electron chi connectivity index (χ4n) is 3.02. The zero-order valence-corrected chi connectivity index (χ0v) is 15.7. The summed E-state index contributed by atoms with van der Waals surface area (Å²) in [4.78, 5) is 26.3. The highest BCUT2D eigenvalue weighted by molar-refractivity contribution is 5.92. The topological polar surface area (TPSA) is 75.9 Å². The van der Waals surface area contributed by atoms with E-state index in [1.54, 1.807) is 17.0 Å². The van der Waals surface area contributed by atoms with Crippen molar-refractivity contribution >= 4 is 23.4 Å². The number of halogens is 3. The second-order valence-corrected chi connectivity index (χ2v) is 6.54. The fraction of sp³-hybridized carbons (Fsp3) is 0.250. The lowest BCUT2D eigenvalue weighted by Gasteiger charge is -2.35. The Morgan fingerprint density at radius 1 is 1.00 bits per heavy atom. The molecule has 1 aliphatic heterocycles. The van der Waals surface area contributed by atoms with E-state index in [0.717, 1.165) is 5.69 Å². The van der Waals surface area contributed by atoms with Crippen LogP contribution in [-0.2, 0) is 4.79 Å². The van der Waals surface area contributed by atoms with E-state index >= 15 is 0 Å². The van der Waals surface area contributed by atoms with E-state index in [-0.39, 0.29) is 17.3 Å². The summed E-state index contributed by atoms with van der Waals surface area (Å²) in [6, 6.07) is 11.5. The second kappa shape index (κ2) is 8.85. The van der Waals surface area contributed by atoms with Crippen LogP contribution in [0.1, 0.15) is 5.56 Å². The third-order valence-corrected chi connectivity index (χ3v) is 4.55. The minimum absolute atomic E-state index is 0.0238. The molecule has 1 heterocycles. The number of anilines is 1. The highest BCUT2D eigenvalue weighted by Gasteiger charge is 2.30. The van der Waals surface area contributed by atoms with Crippen molar-refractivity contribution in [1.82, 2.24) is 4.90 Å². The Balaban J connectivity index is 1.52. The van der Waals surface area contributed by atoms with Crippen LogP contribution in [0, 0.1) is 10.1 Å². The molecule has 158 valence electrons. The third-order valence-electron chi connectivity index (χ3n) is 4.55. The maximum Gasteiger partial charge on any atom is 0.573 e. The van der Waals surface area contributed by atoms with Gasteiger partial charge in [0.25, 0.3) is 5.69 Å². The van der Waals surface area contributed by atoms with Gasteiger partial charge >= 0.3 is 6.36 Å². The molecule has 1 aliphatic rings. The number of alkyl halides is 3. The average Bonchev–Trinajstić information content (AvgIpc) is 2.72. The number of nitro groups is 1. The summed E-state index contributed by atoms with van der Waals surface area (Å²) in [5.41, 5.74) is 1.45. The fourth-order valence-corrected chi connectivity index (χ4v) is 3.02. The average molecular weight is 421 g/mol. The predicted octanol–water partition coefficient (Wildman–Crippen LogP) is 3.86. The lowest BCUT2D eigenvalue weighted by Crippen LogP contribution is -2.48. The number of carbonyl (C=O) groups excluding carboxylic acids is 1. The maximum absolute atomic E-state index is 12.4. The quantitative estimate of drug-likeness (QED) is 0.416. The van der Waals surface area contributed by atoms with Gasteiger partial charge in [0.15, 0.2) is 0 Å². The van der Waals surface area contributed by atoms with E-state index in [9.17, 15) is 28.1 Å². The number of hydrogen-bond donors (Lipinski definition) is 0. The molecule has 0 spiro atoms. The molecular weight excluding hydrogens is 403 g/mol. The molecule has 30 heavy (non-hydrogen) atoms. The number of hydrogen-bond acceptors (Lipinski definition) is 5. The van der Waals surface area contributed by atoms with Gasteiger partial charge < -0.3 is 14.5 Å². The van der Waals surface area contributed by atoms with E-state index in [0.29, 0.717) is 31.7 Å². The van der Waals surface area contributed by atoms with Crippen molar-refractivity contribution in [2.75, 3.05) is 31.1 Å². The van der Waals surface area contributed by atoms with Crippen LogP contribution in [-0.4, -0.2) is 48.3 Å². The monoisotopic (exact) mass is 421 g/mol. The molecule has 0 aliphatic carbocycles. The molecule has 0 bridgehead atoms. The van der Waals surface area contributed by atoms with Crippen LogP contribution >= 0.6 is 0 Å². The van der Waals surface area contributed by atoms with Crippen molar-refractivity contribution in [2.45, 2.75) is 6.36 Å². The van der Waals surface area contributed by atoms with Crippen LogP contribution in [0.25, 0.3) is 6.08 Å². The van der Waals surface area contributed by atoms with Crippen molar-refractivity contribution in [1.29, 1.82) is 0 Å². The van der Waals surface area contributed by atoms with Crippen molar-refractivity contribution in [3.05, 3.63) is 70.3 Å². The normalized spacial score (nSPS) is 14.8. The largest absolute Gasteiger partial charge is 0.573 e. The Morgan fingerprint density at radius 3 is 2.13 bits per heavy atom. The molecule has 2 aromatic carbocycles. The highest BCUT2D eigenvalue weighted by Crippen LogP contribution is 2.23. The maximum atomic E-state index is 12.4. The summed E-state index contributed by atoms with van der Waals surface area (Å²) in [5.74, 6) is -0.526. The summed E-state index contributed by atoms with van der Waals surface area (Å²) >= 11 is 0. The molecule has 3 rings (SSSR count). The Morgan fingerprint density at radius 2 is 1.60 bits per heavy atom. The predicted molar refractivity (Wildman–Crippen MR) is 104 cm³/mol. The molecule has 1 fully saturated rings. The minimum Gasteiger partial charge on any atom is -0.406 e. The second-order valence-electron chi connectivity index (χ2n) is 6.54. The van der Waals surface area contributed by atoms with Crippen molar-refractivity contribution in [3.8, 4) is 5.75 Å². The summed E-state index contributed by atoms with van der Waals surface area (Å²) < 4.78 is 40.3. The van der Waals surface area contributed by atoms with Gasteiger partial charge in [-0.25, -0.2) is 0 Å². The van der Waals surface area contributed by atoms with Crippen LogP contribution in [0.3, 0.4) is 0 Å². The molecule has 0 aromatic heterocycles. The number of carbonyl (C=O) groups is 1. The zero-order valence-electron chi connectivity index (χ0n) is 15.7. The third kappa shape index (κ3) is 5.72. The van der Waals surface area contributed by atoms with Gasteiger partial charge in [0, 0.05) is 50.1 Å². The first-order chi connectivity index (χ1) is 14.2. The number of amides is 1. The van der Waals surface area contributed by atoms with E-state index in [1.165, 1.54) is 48.6 Å². The van der Waals surface area contributed by atoms with Gasteiger partial charge in [-0.15, -0.1) is 13.2 Å². The van der Waals surface area contributed by atoms with Gasteiger partial charge in [0.05, 0.1) is 4.92 Å². The first kappa shape index (κ1) is 21.2. The van der Waals surface area contributed by atoms with Crippen molar-refractivity contribution < 1.29 is 27.6 Å². The highest BCUT2D eigenvalue weighted by atomic mass is 19.4. The molecule has 0 saturated carbocycles. The van der Waals surface area contributed by atoms with E-state index in [2.05, 4.69) is 4.74 Å². The SMILES string of the molecule is O=C(/C=C/c1ccc(OC(F)(F)F)cc1)N1CCN(c2ccc([N+](=O)[O-])cc2)CC1. The Bertz CT molecular complexity index is 920. The molecule has 7 nitrogen and oxygen atoms in total. The Hall–Kier alpha value is -3.56. The molecule has 0 unspecified atom stereocenters. The standard InChI is InChI=1S/C20H18F3N3O4/c21-20(22,23)30-18-8-1-15(2-9-18)3-10-19(27)25-13-11-24(12-14-25)16-4-6-17(7-5-16)26(28)29/h1-10H,11-14H2/b10-3+. The van der Waals surface area contributed by atoms with E-state index in [1.807, 2.05) is 4.90 Å². The Kier molecular flexibility index (Phi) is 6.24. The Labute approximate surface area is 170 Å². The molecule has 1 saturated heterocycles. The van der Waals surface area contributed by atoms with Crippen molar-refractivity contribution in [3.63, 3.8) is 0 Å². The van der Waals surface area contributed by atoms with Gasteiger partial charge in [-0.2, -0.15) is 0 Å². The number of rotatable bonds is 5. The smallest absolute Gasteiger partial charge is 0.406 e. The molecule has 0 radical (unpaired) electrons. The van der Waals surface area contributed by atoms with Gasteiger partial charge in [0.2, 0.25) is 5.91 Å². The molecular formula is C20H18F3N3O4. The van der Waals surface area contributed by atoms with Crippen molar-refractivity contribution in [2.24, 2.45) is 0 Å². The minimum atomic E-state index is -4.75. The summed E-state index contributed by atoms with van der Waals surface area (Å²) in [5, 5.41) is 10.7. The lowest BCUT2D eigenvalue weighted by molar-refractivity contribution is -0.384. The number of nitrogens with zero attached hydrogens (tertiary/aromatic N) is 3. The van der Waals surface area contributed by atoms with Gasteiger partial charge in [0.1, 0.15) is 5.75 Å². The van der Waals surface area contributed by atoms with Gasteiger partial charge in [-0.1, -0.05) is 12.1 Å². The first-order valence-electron chi connectivity index (χ1n) is 9.03. The summed E-state index contributed by atoms with van der Waals surface area (Å²) in [6.45, 7) is 2.14. The van der Waals surface area contributed by atoms with E-state index in [4.69, 9.17) is 0 Å². The number of ether oxygens (including phenoxy) is 1. The van der Waals surface area contributed by atoms with E-state index < -0.39 is 11.3 Å².